The molecule has 7 heteroatoms. The van der Waals surface area contributed by atoms with Crippen LogP contribution in [0.5, 0.6) is 5.75 Å². The summed E-state index contributed by atoms with van der Waals surface area (Å²) < 4.78 is 19.1. The van der Waals surface area contributed by atoms with E-state index in [1.165, 1.54) is 12.1 Å². The Kier molecular flexibility index (Phi) is 5.18. The van der Waals surface area contributed by atoms with Crippen molar-refractivity contribution < 1.29 is 13.9 Å². The van der Waals surface area contributed by atoms with Crippen molar-refractivity contribution in [2.24, 2.45) is 0 Å². The van der Waals surface area contributed by atoms with Gasteiger partial charge in [-0.2, -0.15) is 0 Å². The summed E-state index contributed by atoms with van der Waals surface area (Å²) in [6, 6.07) is 12.9. The van der Waals surface area contributed by atoms with Crippen molar-refractivity contribution in [3.8, 4) is 5.75 Å². The molecule has 0 radical (unpaired) electrons. The lowest BCUT2D eigenvalue weighted by atomic mass is 9.95. The van der Waals surface area contributed by atoms with Crippen LogP contribution in [0.3, 0.4) is 0 Å². The van der Waals surface area contributed by atoms with Crippen LogP contribution in [0.4, 0.5) is 10.1 Å². The van der Waals surface area contributed by atoms with Crippen LogP contribution in [0.2, 0.25) is 0 Å². The smallest absolute Gasteiger partial charge is 0.255 e. The van der Waals surface area contributed by atoms with Crippen molar-refractivity contribution in [1.82, 2.24) is 10.6 Å². The molecule has 0 aliphatic carbocycles. The number of ether oxygens (including phenoxy) is 1. The van der Waals surface area contributed by atoms with Crippen LogP contribution in [0.1, 0.15) is 18.5 Å². The average Bonchev–Trinajstić information content (AvgIpc) is 2.63. The molecule has 0 aromatic heterocycles. The van der Waals surface area contributed by atoms with Crippen molar-refractivity contribution in [1.29, 1.82) is 0 Å². The van der Waals surface area contributed by atoms with Gasteiger partial charge in [-0.3, -0.25) is 4.79 Å². The van der Waals surface area contributed by atoms with Gasteiger partial charge in [0.15, 0.2) is 5.11 Å². The predicted molar refractivity (Wildman–Crippen MR) is 102 cm³/mol. The Labute approximate surface area is 156 Å². The van der Waals surface area contributed by atoms with Crippen molar-refractivity contribution in [3.05, 3.63) is 71.2 Å². The van der Waals surface area contributed by atoms with Gasteiger partial charge < -0.3 is 20.7 Å². The van der Waals surface area contributed by atoms with Gasteiger partial charge in [0.2, 0.25) is 0 Å². The molecule has 0 fully saturated rings. The highest BCUT2D eigenvalue weighted by atomic mass is 32.1. The molecule has 3 N–H and O–H groups in total. The Morgan fingerprint density at radius 2 is 1.88 bits per heavy atom. The van der Waals surface area contributed by atoms with Crippen LogP contribution in [-0.4, -0.2) is 18.1 Å². The number of para-hydroxylation sites is 1. The van der Waals surface area contributed by atoms with Gasteiger partial charge in [-0.05, 0) is 49.0 Å². The molecule has 0 saturated carbocycles. The Morgan fingerprint density at radius 1 is 1.19 bits per heavy atom. The summed E-state index contributed by atoms with van der Waals surface area (Å²) >= 11 is 5.23. The first-order chi connectivity index (χ1) is 12.5. The summed E-state index contributed by atoms with van der Waals surface area (Å²) in [6.45, 7) is 1.76. The van der Waals surface area contributed by atoms with Crippen LogP contribution in [-0.2, 0) is 4.79 Å². The molecule has 0 saturated heterocycles. The largest absolute Gasteiger partial charge is 0.497 e. The lowest BCUT2D eigenvalue weighted by molar-refractivity contribution is -0.113. The molecule has 0 bridgehead atoms. The molecule has 134 valence electrons. The number of thiocarbonyl (C=S) groups is 1. The first-order valence-electron chi connectivity index (χ1n) is 7.97. The summed E-state index contributed by atoms with van der Waals surface area (Å²) in [5.74, 6) is -0.188. The van der Waals surface area contributed by atoms with Crippen molar-refractivity contribution in [3.63, 3.8) is 0 Å². The Bertz CT molecular complexity index is 881. The molecule has 0 spiro atoms. The number of anilines is 1. The molecule has 2 aromatic rings. The quantitative estimate of drug-likeness (QED) is 0.720. The SMILES string of the molecule is COc1ccc(C2NC(=S)NC(C)=C2C(=O)Nc2ccccc2F)cc1. The molecular weight excluding hydrogens is 353 g/mol. The number of hydrogen-bond acceptors (Lipinski definition) is 3. The van der Waals surface area contributed by atoms with E-state index in [-0.39, 0.29) is 5.69 Å². The zero-order valence-corrected chi connectivity index (χ0v) is 15.1. The molecular formula is C19H18FN3O2S. The van der Waals surface area contributed by atoms with Gasteiger partial charge in [-0.15, -0.1) is 0 Å². The molecule has 1 unspecified atom stereocenters. The summed E-state index contributed by atoms with van der Waals surface area (Å²) in [5, 5.41) is 9.10. The molecule has 1 atom stereocenters. The molecule has 1 heterocycles. The average molecular weight is 371 g/mol. The molecule has 2 aromatic carbocycles. The predicted octanol–water partition coefficient (Wildman–Crippen LogP) is 3.27. The molecule has 1 aliphatic rings. The number of carbonyl (C=O) groups excluding carboxylic acids is 1. The summed E-state index contributed by atoms with van der Waals surface area (Å²) in [7, 11) is 1.59. The number of hydrogen-bond donors (Lipinski definition) is 3. The van der Waals surface area contributed by atoms with Crippen molar-refractivity contribution in [2.75, 3.05) is 12.4 Å². The lowest BCUT2D eigenvalue weighted by Gasteiger charge is -2.30. The van der Waals surface area contributed by atoms with E-state index < -0.39 is 17.8 Å². The monoisotopic (exact) mass is 371 g/mol. The normalized spacial score (nSPS) is 16.6. The number of halogens is 1. The maximum Gasteiger partial charge on any atom is 0.255 e. The Hall–Kier alpha value is -2.93. The second kappa shape index (κ2) is 7.53. The van der Waals surface area contributed by atoms with E-state index in [0.29, 0.717) is 22.1 Å². The number of nitrogens with one attached hydrogen (secondary N) is 3. The first-order valence-corrected chi connectivity index (χ1v) is 8.38. The summed E-state index contributed by atoms with van der Waals surface area (Å²) in [5.41, 5.74) is 2.02. The van der Waals surface area contributed by atoms with Gasteiger partial charge >= 0.3 is 0 Å². The van der Waals surface area contributed by atoms with Gasteiger partial charge in [0.25, 0.3) is 5.91 Å². The van der Waals surface area contributed by atoms with Crippen molar-refractivity contribution in [2.45, 2.75) is 13.0 Å². The fourth-order valence-corrected chi connectivity index (χ4v) is 3.06. The fourth-order valence-electron chi connectivity index (χ4n) is 2.79. The van der Waals surface area contributed by atoms with E-state index in [2.05, 4.69) is 16.0 Å². The first kappa shape index (κ1) is 17.9. The Morgan fingerprint density at radius 3 is 2.54 bits per heavy atom. The lowest BCUT2D eigenvalue weighted by Crippen LogP contribution is -2.45. The Balaban J connectivity index is 1.94. The van der Waals surface area contributed by atoms with E-state index in [0.717, 1.165) is 5.56 Å². The molecule has 3 rings (SSSR count). The third kappa shape index (κ3) is 3.67. The second-order valence-corrected chi connectivity index (χ2v) is 6.19. The van der Waals surface area contributed by atoms with Crippen LogP contribution in [0.15, 0.2) is 59.8 Å². The number of carbonyl (C=O) groups is 1. The number of allylic oxidation sites excluding steroid dienone is 1. The maximum atomic E-state index is 13.9. The van der Waals surface area contributed by atoms with Gasteiger partial charge in [0.1, 0.15) is 11.6 Å². The maximum absolute atomic E-state index is 13.9. The van der Waals surface area contributed by atoms with Crippen LogP contribution < -0.4 is 20.7 Å². The van der Waals surface area contributed by atoms with E-state index >= 15 is 0 Å². The minimum Gasteiger partial charge on any atom is -0.497 e. The zero-order chi connectivity index (χ0) is 18.7. The highest BCUT2D eigenvalue weighted by molar-refractivity contribution is 7.80. The third-order valence-electron chi connectivity index (χ3n) is 4.08. The van der Waals surface area contributed by atoms with E-state index in [9.17, 15) is 9.18 Å². The molecule has 26 heavy (non-hydrogen) atoms. The molecule has 5 nitrogen and oxygen atoms in total. The van der Waals surface area contributed by atoms with Crippen molar-refractivity contribution >= 4 is 28.9 Å². The van der Waals surface area contributed by atoms with E-state index in [4.69, 9.17) is 17.0 Å². The standard InChI is InChI=1S/C19H18FN3O2S/c1-11-16(18(24)22-15-6-4-3-5-14(15)20)17(23-19(26)21-11)12-7-9-13(25-2)10-8-12/h3-10,17H,1-2H3,(H,22,24)(H2,21,23,26). The highest BCUT2D eigenvalue weighted by Gasteiger charge is 2.30. The topological polar surface area (TPSA) is 62.4 Å². The van der Waals surface area contributed by atoms with Gasteiger partial charge in [0.05, 0.1) is 24.4 Å². The third-order valence-corrected chi connectivity index (χ3v) is 4.30. The highest BCUT2D eigenvalue weighted by Crippen LogP contribution is 2.29. The van der Waals surface area contributed by atoms with Crippen LogP contribution in [0.25, 0.3) is 0 Å². The van der Waals surface area contributed by atoms with Crippen LogP contribution >= 0.6 is 12.2 Å². The van der Waals surface area contributed by atoms with Gasteiger partial charge in [-0.25, -0.2) is 4.39 Å². The molecule has 1 aliphatic heterocycles. The van der Waals surface area contributed by atoms with Gasteiger partial charge in [-0.1, -0.05) is 24.3 Å². The van der Waals surface area contributed by atoms with Crippen LogP contribution in [0, 0.1) is 5.82 Å². The number of rotatable bonds is 4. The fraction of sp³-hybridized carbons (Fsp3) is 0.158. The minimum absolute atomic E-state index is 0.124. The zero-order valence-electron chi connectivity index (χ0n) is 14.3. The molecule has 1 amide bonds. The second-order valence-electron chi connectivity index (χ2n) is 5.78. The van der Waals surface area contributed by atoms with E-state index in [1.54, 1.807) is 26.2 Å². The van der Waals surface area contributed by atoms with Gasteiger partial charge in [0, 0.05) is 5.70 Å². The summed E-state index contributed by atoms with van der Waals surface area (Å²) in [4.78, 5) is 12.9. The number of benzene rings is 2. The minimum atomic E-state index is -0.493. The van der Waals surface area contributed by atoms with E-state index in [1.807, 2.05) is 24.3 Å². The number of amides is 1. The summed E-state index contributed by atoms with van der Waals surface area (Å²) in [6.07, 6.45) is 0. The number of methoxy groups -OCH3 is 1.